The summed E-state index contributed by atoms with van der Waals surface area (Å²) in [6.45, 7) is 3.30. The summed E-state index contributed by atoms with van der Waals surface area (Å²) in [4.78, 5) is 23.0. The van der Waals surface area contributed by atoms with Gasteiger partial charge in [-0.05, 0) is 25.3 Å². The second-order valence-electron chi connectivity index (χ2n) is 5.03. The third-order valence-corrected chi connectivity index (χ3v) is 3.34. The van der Waals surface area contributed by atoms with E-state index in [1.54, 1.807) is 13.8 Å². The van der Waals surface area contributed by atoms with E-state index < -0.39 is 18.0 Å². The van der Waals surface area contributed by atoms with Crippen LogP contribution in [-0.4, -0.2) is 23.9 Å². The monoisotopic (exact) mass is 285 g/mol. The van der Waals surface area contributed by atoms with Crippen LogP contribution in [0.3, 0.4) is 0 Å². The first-order valence-corrected chi connectivity index (χ1v) is 6.83. The Morgan fingerprint density at radius 2 is 1.67 bits per heavy atom. The molecule has 2 unspecified atom stereocenters. The smallest absolute Gasteiger partial charge is 0.242 e. The lowest BCUT2D eigenvalue weighted by Crippen LogP contribution is -2.47. The van der Waals surface area contributed by atoms with Crippen LogP contribution < -0.4 is 16.4 Å². The molecule has 2 rings (SSSR count). The summed E-state index contributed by atoms with van der Waals surface area (Å²) in [6, 6.07) is 12.6. The molecule has 21 heavy (non-hydrogen) atoms. The molecule has 0 saturated heterocycles. The molecule has 5 nitrogen and oxygen atoms in total. The zero-order valence-corrected chi connectivity index (χ0v) is 12.1. The van der Waals surface area contributed by atoms with E-state index >= 15 is 0 Å². The van der Waals surface area contributed by atoms with Crippen molar-refractivity contribution in [2.24, 2.45) is 5.73 Å². The molecule has 0 fully saturated rings. The minimum atomic E-state index is -0.686. The number of anilines is 1. The minimum absolute atomic E-state index is 0.269. The van der Waals surface area contributed by atoms with Gasteiger partial charge >= 0.3 is 0 Å². The van der Waals surface area contributed by atoms with E-state index in [9.17, 15) is 9.59 Å². The molecule has 0 aliphatic heterocycles. The summed E-state index contributed by atoms with van der Waals surface area (Å²) in [5, 5.41) is 7.88. The van der Waals surface area contributed by atoms with E-state index in [1.165, 1.54) is 0 Å². The maximum Gasteiger partial charge on any atom is 0.242 e. The fourth-order valence-electron chi connectivity index (χ4n) is 2.06. The van der Waals surface area contributed by atoms with Crippen molar-refractivity contribution in [2.45, 2.75) is 25.9 Å². The molecule has 0 aliphatic rings. The Bertz CT molecular complexity index is 664. The minimum Gasteiger partial charge on any atom is -0.373 e. The lowest BCUT2D eigenvalue weighted by Gasteiger charge is -2.18. The van der Waals surface area contributed by atoms with Crippen LogP contribution in [0.5, 0.6) is 0 Å². The number of hydrogen-bond acceptors (Lipinski definition) is 3. The number of carbonyl (C=O) groups excluding carboxylic acids is 2. The molecule has 5 heteroatoms. The van der Waals surface area contributed by atoms with Crippen LogP contribution in [0.25, 0.3) is 10.8 Å². The Hall–Kier alpha value is -2.56. The standard InChI is InChI=1S/C16H19N3O2/c1-10(15(17)20)19-16(21)11(2)18-14-9-5-7-12-6-3-4-8-13(12)14/h3-11,18H,1-2H3,(H2,17,20)(H,19,21). The molecule has 0 saturated carbocycles. The third kappa shape index (κ3) is 3.51. The second-order valence-corrected chi connectivity index (χ2v) is 5.03. The SMILES string of the molecule is CC(NC(=O)C(C)Nc1cccc2ccccc12)C(N)=O. The third-order valence-electron chi connectivity index (χ3n) is 3.34. The van der Waals surface area contributed by atoms with Gasteiger partial charge in [-0.1, -0.05) is 36.4 Å². The lowest BCUT2D eigenvalue weighted by molar-refractivity contribution is -0.127. The van der Waals surface area contributed by atoms with Gasteiger partial charge in [-0.2, -0.15) is 0 Å². The molecule has 2 atom stereocenters. The molecule has 4 N–H and O–H groups in total. The average molecular weight is 285 g/mol. The Labute approximate surface area is 123 Å². The molecule has 2 aromatic carbocycles. The first-order chi connectivity index (χ1) is 9.99. The molecule has 2 aromatic rings. The first-order valence-electron chi connectivity index (χ1n) is 6.83. The van der Waals surface area contributed by atoms with Gasteiger partial charge in [0.05, 0.1) is 0 Å². The molecule has 0 radical (unpaired) electrons. The van der Waals surface area contributed by atoms with Gasteiger partial charge in [0.1, 0.15) is 12.1 Å². The van der Waals surface area contributed by atoms with Gasteiger partial charge in [0.25, 0.3) is 0 Å². The van der Waals surface area contributed by atoms with Crippen molar-refractivity contribution in [1.29, 1.82) is 0 Å². The first kappa shape index (κ1) is 14.8. The van der Waals surface area contributed by atoms with Crippen molar-refractivity contribution in [2.75, 3.05) is 5.32 Å². The number of benzene rings is 2. The molecular weight excluding hydrogens is 266 g/mol. The van der Waals surface area contributed by atoms with Crippen molar-refractivity contribution >= 4 is 28.3 Å². The van der Waals surface area contributed by atoms with Crippen molar-refractivity contribution in [3.05, 3.63) is 42.5 Å². The Kier molecular flexibility index (Phi) is 4.42. The fraction of sp³-hybridized carbons (Fsp3) is 0.250. The van der Waals surface area contributed by atoms with Crippen molar-refractivity contribution in [3.63, 3.8) is 0 Å². The summed E-state index contributed by atoms with van der Waals surface area (Å²) in [5.74, 6) is -0.824. The Morgan fingerprint density at radius 1 is 1.00 bits per heavy atom. The number of carbonyl (C=O) groups is 2. The van der Waals surface area contributed by atoms with Crippen LogP contribution in [0.1, 0.15) is 13.8 Å². The predicted molar refractivity (Wildman–Crippen MR) is 83.8 cm³/mol. The van der Waals surface area contributed by atoms with Crippen LogP contribution in [0.4, 0.5) is 5.69 Å². The van der Waals surface area contributed by atoms with Crippen molar-refractivity contribution in [3.8, 4) is 0 Å². The normalized spacial score (nSPS) is 13.4. The maximum absolute atomic E-state index is 12.0. The number of amides is 2. The summed E-state index contributed by atoms with van der Waals surface area (Å²) in [5.41, 5.74) is 6.01. The average Bonchev–Trinajstić information content (AvgIpc) is 2.47. The van der Waals surface area contributed by atoms with Gasteiger partial charge in [0, 0.05) is 11.1 Å². The van der Waals surface area contributed by atoms with E-state index in [1.807, 2.05) is 42.5 Å². The maximum atomic E-state index is 12.0. The lowest BCUT2D eigenvalue weighted by atomic mass is 10.1. The van der Waals surface area contributed by atoms with Gasteiger partial charge in [0.15, 0.2) is 0 Å². The highest BCUT2D eigenvalue weighted by atomic mass is 16.2. The van der Waals surface area contributed by atoms with Crippen LogP contribution >= 0.6 is 0 Å². The van der Waals surface area contributed by atoms with E-state index in [-0.39, 0.29) is 5.91 Å². The molecule has 2 amide bonds. The molecule has 0 aliphatic carbocycles. The quantitative estimate of drug-likeness (QED) is 0.780. The number of hydrogen-bond donors (Lipinski definition) is 3. The molecule has 0 bridgehead atoms. The molecule has 0 heterocycles. The second kappa shape index (κ2) is 6.26. The molecule has 110 valence electrons. The number of nitrogens with one attached hydrogen (secondary N) is 2. The molecule has 0 spiro atoms. The molecule has 0 aromatic heterocycles. The highest BCUT2D eigenvalue weighted by Crippen LogP contribution is 2.23. The van der Waals surface area contributed by atoms with Crippen molar-refractivity contribution in [1.82, 2.24) is 5.32 Å². The fourth-order valence-corrected chi connectivity index (χ4v) is 2.06. The zero-order valence-electron chi connectivity index (χ0n) is 12.1. The number of fused-ring (bicyclic) bond motifs is 1. The van der Waals surface area contributed by atoms with Crippen molar-refractivity contribution < 1.29 is 9.59 Å². The van der Waals surface area contributed by atoms with E-state index in [2.05, 4.69) is 10.6 Å². The topological polar surface area (TPSA) is 84.2 Å². The number of nitrogens with two attached hydrogens (primary N) is 1. The van der Waals surface area contributed by atoms with E-state index in [4.69, 9.17) is 5.73 Å². The highest BCUT2D eigenvalue weighted by molar-refractivity contribution is 5.96. The van der Waals surface area contributed by atoms with E-state index in [0.717, 1.165) is 16.5 Å². The summed E-state index contributed by atoms with van der Waals surface area (Å²) < 4.78 is 0. The van der Waals surface area contributed by atoms with Crippen LogP contribution in [-0.2, 0) is 9.59 Å². The summed E-state index contributed by atoms with van der Waals surface area (Å²) in [6.07, 6.45) is 0. The van der Waals surface area contributed by atoms with Gasteiger partial charge < -0.3 is 16.4 Å². The van der Waals surface area contributed by atoms with Gasteiger partial charge in [-0.3, -0.25) is 9.59 Å². The Balaban J connectivity index is 2.13. The highest BCUT2D eigenvalue weighted by Gasteiger charge is 2.18. The van der Waals surface area contributed by atoms with Gasteiger partial charge in [0.2, 0.25) is 11.8 Å². The molecular formula is C16H19N3O2. The number of rotatable bonds is 5. The van der Waals surface area contributed by atoms with E-state index in [0.29, 0.717) is 0 Å². The van der Waals surface area contributed by atoms with Crippen LogP contribution in [0, 0.1) is 0 Å². The predicted octanol–water partition coefficient (Wildman–Crippen LogP) is 1.63. The number of primary amides is 1. The van der Waals surface area contributed by atoms with Crippen LogP contribution in [0.2, 0.25) is 0 Å². The largest absolute Gasteiger partial charge is 0.373 e. The van der Waals surface area contributed by atoms with Crippen LogP contribution in [0.15, 0.2) is 42.5 Å². The van der Waals surface area contributed by atoms with Gasteiger partial charge in [-0.15, -0.1) is 0 Å². The summed E-state index contributed by atoms with van der Waals surface area (Å²) >= 11 is 0. The summed E-state index contributed by atoms with van der Waals surface area (Å²) in [7, 11) is 0. The van der Waals surface area contributed by atoms with Gasteiger partial charge in [-0.25, -0.2) is 0 Å². The Morgan fingerprint density at radius 3 is 2.38 bits per heavy atom. The zero-order chi connectivity index (χ0) is 15.4.